The summed E-state index contributed by atoms with van der Waals surface area (Å²) >= 11 is 0. The second-order valence-electron chi connectivity index (χ2n) is 9.39. The predicted octanol–water partition coefficient (Wildman–Crippen LogP) is 4.85. The minimum Gasteiger partial charge on any atom is -0.495 e. The second-order valence-corrected chi connectivity index (χ2v) is 9.39. The molecule has 0 aliphatic carbocycles. The average molecular weight is 541 g/mol. The van der Waals surface area contributed by atoms with E-state index < -0.39 is 0 Å². The largest absolute Gasteiger partial charge is 0.495 e. The van der Waals surface area contributed by atoms with E-state index in [2.05, 4.69) is 25.9 Å². The topological polar surface area (TPSA) is 110 Å². The zero-order valence-electron chi connectivity index (χ0n) is 22.5. The highest BCUT2D eigenvalue weighted by Gasteiger charge is 2.17. The number of hydrogen-bond donors (Lipinski definition) is 3. The molecule has 1 fully saturated rings. The highest BCUT2D eigenvalue weighted by atomic mass is 16.5. The van der Waals surface area contributed by atoms with Gasteiger partial charge in [0.2, 0.25) is 0 Å². The number of carbonyl (C=O) groups excluding carboxylic acids is 2. The third-order valence-electron chi connectivity index (χ3n) is 6.65. The predicted molar refractivity (Wildman–Crippen MR) is 155 cm³/mol. The van der Waals surface area contributed by atoms with Crippen LogP contribution in [0.15, 0.2) is 85.2 Å². The molecule has 3 aromatic carbocycles. The third-order valence-corrected chi connectivity index (χ3v) is 6.65. The summed E-state index contributed by atoms with van der Waals surface area (Å²) < 4.78 is 12.6. The molecule has 3 amide bonds. The number of nitrogens with zero attached hydrogens (tertiary/aromatic N) is 3. The summed E-state index contributed by atoms with van der Waals surface area (Å²) in [5, 5.41) is 13.0. The number of ether oxygens (including phenoxy) is 2. The van der Waals surface area contributed by atoms with Crippen molar-refractivity contribution in [2.45, 2.75) is 13.0 Å². The molecule has 1 aromatic heterocycles. The lowest BCUT2D eigenvalue weighted by atomic mass is 10.1. The van der Waals surface area contributed by atoms with Crippen molar-refractivity contribution in [3.05, 3.63) is 96.3 Å². The van der Waals surface area contributed by atoms with Crippen LogP contribution in [0.25, 0.3) is 5.69 Å². The van der Waals surface area contributed by atoms with Gasteiger partial charge in [-0.25, -0.2) is 9.48 Å². The van der Waals surface area contributed by atoms with E-state index in [0.717, 1.165) is 24.3 Å². The molecule has 10 heteroatoms. The second kappa shape index (κ2) is 12.4. The minimum atomic E-state index is -0.334. The van der Waals surface area contributed by atoms with E-state index in [1.54, 1.807) is 42.4 Å². The summed E-state index contributed by atoms with van der Waals surface area (Å²) in [7, 11) is 1.62. The average Bonchev–Trinajstić information content (AvgIpc) is 3.46. The Morgan fingerprint density at radius 1 is 0.950 bits per heavy atom. The lowest BCUT2D eigenvalue weighted by molar-refractivity contribution is 0.102. The van der Waals surface area contributed by atoms with Crippen molar-refractivity contribution in [2.75, 3.05) is 48.9 Å². The summed E-state index contributed by atoms with van der Waals surface area (Å²) in [6.07, 6.45) is 3.25. The fraction of sp³-hybridized carbons (Fsp3) is 0.233. The van der Waals surface area contributed by atoms with Crippen molar-refractivity contribution < 1.29 is 19.1 Å². The third kappa shape index (κ3) is 6.41. The van der Waals surface area contributed by atoms with E-state index in [1.165, 1.54) is 0 Å². The van der Waals surface area contributed by atoms with Crippen molar-refractivity contribution in [1.29, 1.82) is 0 Å². The zero-order chi connectivity index (χ0) is 27.9. The molecule has 1 aliphatic heterocycles. The SMILES string of the molecule is COc1cc(NC(=O)c2cccc(-n3cc(NC(=O)N[C@@H](C)c4ccccc4)cn3)c2)ccc1N1CCOCC1. The molecule has 0 spiro atoms. The normalized spacial score (nSPS) is 13.8. The fourth-order valence-electron chi connectivity index (χ4n) is 4.53. The molecule has 0 saturated carbocycles. The van der Waals surface area contributed by atoms with Crippen LogP contribution in [0.2, 0.25) is 0 Å². The summed E-state index contributed by atoms with van der Waals surface area (Å²) in [5.41, 5.74) is 4.28. The Kier molecular flexibility index (Phi) is 8.26. The van der Waals surface area contributed by atoms with Gasteiger partial charge >= 0.3 is 6.03 Å². The van der Waals surface area contributed by atoms with Gasteiger partial charge in [-0.05, 0) is 42.8 Å². The molecule has 1 atom stereocenters. The number of urea groups is 1. The molecule has 1 aliphatic rings. The zero-order valence-corrected chi connectivity index (χ0v) is 22.5. The van der Waals surface area contributed by atoms with Crippen LogP contribution in [-0.4, -0.2) is 55.1 Å². The van der Waals surface area contributed by atoms with Gasteiger partial charge in [0.1, 0.15) is 5.75 Å². The number of carbonyl (C=O) groups is 2. The number of nitrogens with one attached hydrogen (secondary N) is 3. The van der Waals surface area contributed by atoms with Gasteiger partial charge in [0, 0.05) is 30.4 Å². The molecular formula is C30H32N6O4. The monoisotopic (exact) mass is 540 g/mol. The number of amides is 3. The number of hydrogen-bond acceptors (Lipinski definition) is 6. The van der Waals surface area contributed by atoms with Gasteiger partial charge in [0.25, 0.3) is 5.91 Å². The van der Waals surface area contributed by atoms with Crippen LogP contribution in [0.4, 0.5) is 21.9 Å². The molecule has 2 heterocycles. The maximum atomic E-state index is 13.1. The van der Waals surface area contributed by atoms with E-state index >= 15 is 0 Å². The molecule has 5 rings (SSSR count). The molecule has 1 saturated heterocycles. The maximum Gasteiger partial charge on any atom is 0.319 e. The lowest BCUT2D eigenvalue weighted by Gasteiger charge is -2.30. The summed E-state index contributed by atoms with van der Waals surface area (Å²) in [5.74, 6) is 0.426. The summed E-state index contributed by atoms with van der Waals surface area (Å²) in [6.45, 7) is 4.84. The lowest BCUT2D eigenvalue weighted by Crippen LogP contribution is -2.36. The van der Waals surface area contributed by atoms with Crippen LogP contribution in [0.5, 0.6) is 5.75 Å². The van der Waals surface area contributed by atoms with Gasteiger partial charge in [-0.1, -0.05) is 36.4 Å². The Labute approximate surface area is 232 Å². The Morgan fingerprint density at radius 3 is 2.52 bits per heavy atom. The number of benzene rings is 3. The fourth-order valence-corrected chi connectivity index (χ4v) is 4.53. The van der Waals surface area contributed by atoms with Crippen LogP contribution in [0.1, 0.15) is 28.9 Å². The first-order valence-corrected chi connectivity index (χ1v) is 13.1. The molecule has 3 N–H and O–H groups in total. The number of methoxy groups -OCH3 is 1. The standard InChI is InChI=1S/C30H32N6O4/c1-21(22-7-4-3-5-8-22)32-30(38)34-25-19-31-36(20-25)26-10-6-9-23(17-26)29(37)33-24-11-12-27(28(18-24)39-2)35-13-15-40-16-14-35/h3-12,17-21H,13-16H2,1-2H3,(H,33,37)(H2,32,34,38)/t21-/m0/s1. The van der Waals surface area contributed by atoms with Gasteiger partial charge in [0.05, 0.1) is 55.8 Å². The number of aromatic nitrogens is 2. The van der Waals surface area contributed by atoms with Crippen molar-refractivity contribution in [1.82, 2.24) is 15.1 Å². The van der Waals surface area contributed by atoms with Crippen molar-refractivity contribution in [3.63, 3.8) is 0 Å². The molecule has 4 aromatic rings. The van der Waals surface area contributed by atoms with Crippen LogP contribution in [-0.2, 0) is 4.74 Å². The first-order chi connectivity index (χ1) is 19.5. The molecule has 0 radical (unpaired) electrons. The van der Waals surface area contributed by atoms with E-state index in [0.29, 0.717) is 41.6 Å². The molecular weight excluding hydrogens is 508 g/mol. The molecule has 0 unspecified atom stereocenters. The summed E-state index contributed by atoms with van der Waals surface area (Å²) in [6, 6.07) is 22.0. The Morgan fingerprint density at radius 2 is 1.75 bits per heavy atom. The summed E-state index contributed by atoms with van der Waals surface area (Å²) in [4.78, 5) is 27.8. The number of anilines is 3. The van der Waals surface area contributed by atoms with Crippen molar-refractivity contribution in [3.8, 4) is 11.4 Å². The van der Waals surface area contributed by atoms with Gasteiger partial charge in [-0.2, -0.15) is 5.10 Å². The van der Waals surface area contributed by atoms with Crippen molar-refractivity contribution in [2.24, 2.45) is 0 Å². The Balaban J connectivity index is 1.22. The van der Waals surface area contributed by atoms with Gasteiger partial charge < -0.3 is 30.3 Å². The molecule has 40 heavy (non-hydrogen) atoms. The van der Waals surface area contributed by atoms with E-state index in [4.69, 9.17) is 9.47 Å². The van der Waals surface area contributed by atoms with Crippen molar-refractivity contribution >= 4 is 29.0 Å². The van der Waals surface area contributed by atoms with Crippen LogP contribution >= 0.6 is 0 Å². The smallest absolute Gasteiger partial charge is 0.319 e. The maximum absolute atomic E-state index is 13.1. The molecule has 10 nitrogen and oxygen atoms in total. The first-order valence-electron chi connectivity index (χ1n) is 13.1. The molecule has 0 bridgehead atoms. The highest BCUT2D eigenvalue weighted by molar-refractivity contribution is 6.04. The number of rotatable bonds is 8. The quantitative estimate of drug-likeness (QED) is 0.295. The first kappa shape index (κ1) is 26.8. The minimum absolute atomic E-state index is 0.151. The van der Waals surface area contributed by atoms with Crippen LogP contribution in [0.3, 0.4) is 0 Å². The van der Waals surface area contributed by atoms with E-state index in [-0.39, 0.29) is 18.0 Å². The van der Waals surface area contributed by atoms with E-state index in [1.807, 2.05) is 61.5 Å². The van der Waals surface area contributed by atoms with Crippen LogP contribution in [0, 0.1) is 0 Å². The van der Waals surface area contributed by atoms with E-state index in [9.17, 15) is 9.59 Å². The molecule has 206 valence electrons. The number of morpholine rings is 1. The Bertz CT molecular complexity index is 1470. The Hall–Kier alpha value is -4.83. The highest BCUT2D eigenvalue weighted by Crippen LogP contribution is 2.32. The van der Waals surface area contributed by atoms with Gasteiger partial charge in [-0.3, -0.25) is 4.79 Å². The van der Waals surface area contributed by atoms with Gasteiger partial charge in [-0.15, -0.1) is 0 Å². The van der Waals surface area contributed by atoms with Crippen LogP contribution < -0.4 is 25.6 Å². The van der Waals surface area contributed by atoms with Gasteiger partial charge in [0.15, 0.2) is 0 Å².